The summed E-state index contributed by atoms with van der Waals surface area (Å²) >= 11 is 0. The van der Waals surface area contributed by atoms with Crippen molar-refractivity contribution in [3.05, 3.63) is 29.8 Å². The topological polar surface area (TPSA) is 61.4 Å². The van der Waals surface area contributed by atoms with Crippen molar-refractivity contribution in [3.8, 4) is 0 Å². The molecule has 1 rings (SSSR count). The van der Waals surface area contributed by atoms with Gasteiger partial charge in [-0.25, -0.2) is 0 Å². The molecule has 5 heteroatoms. The molecule has 0 fully saturated rings. The van der Waals surface area contributed by atoms with E-state index in [4.69, 9.17) is 0 Å². The molecule has 2 N–H and O–H groups in total. The first-order valence-corrected chi connectivity index (χ1v) is 6.10. The SMILES string of the molecule is CNC(C)(C)C(=O)Nc1ccccc1C(=O)N(C)C. The molecule has 0 radical (unpaired) electrons. The van der Waals surface area contributed by atoms with Crippen molar-refractivity contribution >= 4 is 17.5 Å². The average molecular weight is 263 g/mol. The molecule has 0 saturated heterocycles. The van der Waals surface area contributed by atoms with Crippen molar-refractivity contribution in [2.75, 3.05) is 26.5 Å². The van der Waals surface area contributed by atoms with Gasteiger partial charge >= 0.3 is 0 Å². The number of likely N-dealkylation sites (N-methyl/N-ethyl adjacent to an activating group) is 1. The zero-order chi connectivity index (χ0) is 14.6. The number of hydrogen-bond acceptors (Lipinski definition) is 3. The molecule has 19 heavy (non-hydrogen) atoms. The third-order valence-corrected chi connectivity index (χ3v) is 3.00. The first-order chi connectivity index (χ1) is 8.79. The van der Waals surface area contributed by atoms with Crippen LogP contribution in [-0.4, -0.2) is 43.4 Å². The van der Waals surface area contributed by atoms with Crippen LogP contribution in [0.25, 0.3) is 0 Å². The smallest absolute Gasteiger partial charge is 0.255 e. The van der Waals surface area contributed by atoms with Gasteiger partial charge in [-0.1, -0.05) is 12.1 Å². The van der Waals surface area contributed by atoms with Gasteiger partial charge < -0.3 is 15.5 Å². The predicted octanol–water partition coefficient (Wildman–Crippen LogP) is 1.32. The molecule has 0 aliphatic heterocycles. The van der Waals surface area contributed by atoms with Crippen LogP contribution in [0.4, 0.5) is 5.69 Å². The van der Waals surface area contributed by atoms with E-state index in [1.165, 1.54) is 4.90 Å². The number of nitrogens with zero attached hydrogens (tertiary/aromatic N) is 1. The molecular weight excluding hydrogens is 242 g/mol. The lowest BCUT2D eigenvalue weighted by atomic mass is 10.0. The van der Waals surface area contributed by atoms with E-state index in [0.29, 0.717) is 11.3 Å². The van der Waals surface area contributed by atoms with Gasteiger partial charge in [0, 0.05) is 14.1 Å². The number of benzene rings is 1. The minimum Gasteiger partial charge on any atom is -0.345 e. The van der Waals surface area contributed by atoms with E-state index in [9.17, 15) is 9.59 Å². The number of rotatable bonds is 4. The minimum absolute atomic E-state index is 0.141. The summed E-state index contributed by atoms with van der Waals surface area (Å²) in [6, 6.07) is 6.98. The fourth-order valence-electron chi connectivity index (χ4n) is 1.41. The van der Waals surface area contributed by atoms with Crippen molar-refractivity contribution in [3.63, 3.8) is 0 Å². The van der Waals surface area contributed by atoms with E-state index in [0.717, 1.165) is 0 Å². The number of nitrogens with one attached hydrogen (secondary N) is 2. The van der Waals surface area contributed by atoms with Crippen LogP contribution in [0, 0.1) is 0 Å². The standard InChI is InChI=1S/C14H21N3O2/c1-14(2,15-3)13(19)16-11-9-7-6-8-10(11)12(18)17(4)5/h6-9,15H,1-5H3,(H,16,19). The zero-order valence-corrected chi connectivity index (χ0v) is 12.1. The van der Waals surface area contributed by atoms with Gasteiger partial charge in [0.15, 0.2) is 0 Å². The number of carbonyl (C=O) groups is 2. The van der Waals surface area contributed by atoms with E-state index >= 15 is 0 Å². The number of carbonyl (C=O) groups excluding carboxylic acids is 2. The van der Waals surface area contributed by atoms with Crippen LogP contribution in [0.3, 0.4) is 0 Å². The Morgan fingerprint density at radius 2 is 1.74 bits per heavy atom. The second-order valence-corrected chi connectivity index (χ2v) is 5.07. The Balaban J connectivity index is 3.03. The minimum atomic E-state index is -0.700. The third kappa shape index (κ3) is 3.54. The van der Waals surface area contributed by atoms with Crippen LogP contribution in [0.2, 0.25) is 0 Å². The first kappa shape index (κ1) is 15.2. The van der Waals surface area contributed by atoms with E-state index in [1.54, 1.807) is 59.3 Å². The summed E-state index contributed by atoms with van der Waals surface area (Å²) in [5.74, 6) is -0.327. The highest BCUT2D eigenvalue weighted by Crippen LogP contribution is 2.18. The fourth-order valence-corrected chi connectivity index (χ4v) is 1.41. The summed E-state index contributed by atoms with van der Waals surface area (Å²) in [4.78, 5) is 25.6. The van der Waals surface area contributed by atoms with Crippen LogP contribution in [0.15, 0.2) is 24.3 Å². The lowest BCUT2D eigenvalue weighted by Crippen LogP contribution is -2.48. The predicted molar refractivity (Wildman–Crippen MR) is 76.2 cm³/mol. The Hall–Kier alpha value is -1.88. The molecule has 0 aliphatic rings. The van der Waals surface area contributed by atoms with Crippen molar-refractivity contribution < 1.29 is 9.59 Å². The highest BCUT2D eigenvalue weighted by atomic mass is 16.2. The molecule has 0 spiro atoms. The van der Waals surface area contributed by atoms with E-state index in [1.807, 2.05) is 0 Å². The van der Waals surface area contributed by atoms with E-state index < -0.39 is 5.54 Å². The Labute approximate surface area is 114 Å². The molecule has 0 aromatic heterocycles. The molecule has 0 atom stereocenters. The second-order valence-electron chi connectivity index (χ2n) is 5.07. The van der Waals surface area contributed by atoms with Crippen LogP contribution in [0.5, 0.6) is 0 Å². The maximum Gasteiger partial charge on any atom is 0.255 e. The summed E-state index contributed by atoms with van der Waals surface area (Å²) < 4.78 is 0. The van der Waals surface area contributed by atoms with Gasteiger partial charge in [0.2, 0.25) is 5.91 Å². The molecule has 0 unspecified atom stereocenters. The number of amides is 2. The molecule has 0 bridgehead atoms. The summed E-state index contributed by atoms with van der Waals surface area (Å²) in [5, 5.41) is 5.71. The molecule has 0 saturated carbocycles. The first-order valence-electron chi connectivity index (χ1n) is 6.10. The van der Waals surface area contributed by atoms with Crippen LogP contribution >= 0.6 is 0 Å². The summed E-state index contributed by atoms with van der Waals surface area (Å²) in [5.41, 5.74) is 0.302. The van der Waals surface area contributed by atoms with Gasteiger partial charge in [-0.05, 0) is 33.0 Å². The lowest BCUT2D eigenvalue weighted by Gasteiger charge is -2.23. The normalized spacial score (nSPS) is 11.0. The number of para-hydroxylation sites is 1. The molecule has 1 aromatic carbocycles. The Morgan fingerprint density at radius 3 is 2.26 bits per heavy atom. The van der Waals surface area contributed by atoms with Gasteiger partial charge in [-0.15, -0.1) is 0 Å². The van der Waals surface area contributed by atoms with Crippen molar-refractivity contribution in [2.45, 2.75) is 19.4 Å². The summed E-state index contributed by atoms with van der Waals surface area (Å²) in [6.45, 7) is 3.55. The van der Waals surface area contributed by atoms with Crippen LogP contribution < -0.4 is 10.6 Å². The van der Waals surface area contributed by atoms with Crippen molar-refractivity contribution in [1.29, 1.82) is 0 Å². The van der Waals surface area contributed by atoms with E-state index in [-0.39, 0.29) is 11.8 Å². The highest BCUT2D eigenvalue weighted by Gasteiger charge is 2.26. The molecular formula is C14H21N3O2. The van der Waals surface area contributed by atoms with Crippen LogP contribution in [-0.2, 0) is 4.79 Å². The number of anilines is 1. The highest BCUT2D eigenvalue weighted by molar-refractivity contribution is 6.05. The Kier molecular flexibility index (Phi) is 4.67. The molecule has 1 aromatic rings. The van der Waals surface area contributed by atoms with E-state index in [2.05, 4.69) is 10.6 Å². The van der Waals surface area contributed by atoms with Crippen molar-refractivity contribution in [1.82, 2.24) is 10.2 Å². The second kappa shape index (κ2) is 5.84. The zero-order valence-electron chi connectivity index (χ0n) is 12.1. The third-order valence-electron chi connectivity index (χ3n) is 3.00. The number of hydrogen-bond donors (Lipinski definition) is 2. The summed E-state index contributed by atoms with van der Waals surface area (Å²) in [6.07, 6.45) is 0. The van der Waals surface area contributed by atoms with Gasteiger partial charge in [-0.2, -0.15) is 0 Å². The molecule has 0 aliphatic carbocycles. The summed E-state index contributed by atoms with van der Waals surface area (Å²) in [7, 11) is 5.08. The Bertz CT molecular complexity index is 481. The lowest BCUT2D eigenvalue weighted by molar-refractivity contribution is -0.121. The monoisotopic (exact) mass is 263 g/mol. The Morgan fingerprint density at radius 1 is 1.16 bits per heavy atom. The van der Waals surface area contributed by atoms with Gasteiger partial charge in [-0.3, -0.25) is 9.59 Å². The molecule has 5 nitrogen and oxygen atoms in total. The molecule has 2 amide bonds. The maximum atomic E-state index is 12.1. The molecule has 0 heterocycles. The van der Waals surface area contributed by atoms with Gasteiger partial charge in [0.05, 0.1) is 16.8 Å². The van der Waals surface area contributed by atoms with Gasteiger partial charge in [0.1, 0.15) is 0 Å². The van der Waals surface area contributed by atoms with Crippen molar-refractivity contribution in [2.24, 2.45) is 0 Å². The van der Waals surface area contributed by atoms with Crippen LogP contribution in [0.1, 0.15) is 24.2 Å². The van der Waals surface area contributed by atoms with Gasteiger partial charge in [0.25, 0.3) is 5.91 Å². The fraction of sp³-hybridized carbons (Fsp3) is 0.429. The molecule has 104 valence electrons. The maximum absolute atomic E-state index is 12.1. The average Bonchev–Trinajstić information content (AvgIpc) is 2.38. The quantitative estimate of drug-likeness (QED) is 0.861. The largest absolute Gasteiger partial charge is 0.345 e.